The third-order valence-corrected chi connectivity index (χ3v) is 4.16. The molecule has 1 aliphatic rings. The fourth-order valence-corrected chi connectivity index (χ4v) is 3.21. The lowest BCUT2D eigenvalue weighted by molar-refractivity contribution is 0.279. The third-order valence-electron chi connectivity index (χ3n) is 4.16. The second kappa shape index (κ2) is 5.67. The molecule has 20 heavy (non-hydrogen) atoms. The van der Waals surface area contributed by atoms with Gasteiger partial charge in [-0.2, -0.15) is 0 Å². The van der Waals surface area contributed by atoms with Gasteiger partial charge in [-0.3, -0.25) is 4.98 Å². The molecule has 3 rings (SSSR count). The van der Waals surface area contributed by atoms with E-state index in [4.69, 9.17) is 10.8 Å². The highest BCUT2D eigenvalue weighted by Gasteiger charge is 2.25. The van der Waals surface area contributed by atoms with E-state index in [1.807, 2.05) is 12.1 Å². The second-order valence-corrected chi connectivity index (χ2v) is 5.43. The lowest BCUT2D eigenvalue weighted by Crippen LogP contribution is -2.29. The number of nitrogens with zero attached hydrogens (tertiary/aromatic N) is 2. The van der Waals surface area contributed by atoms with E-state index in [9.17, 15) is 0 Å². The van der Waals surface area contributed by atoms with E-state index < -0.39 is 0 Å². The zero-order valence-corrected chi connectivity index (χ0v) is 11.6. The summed E-state index contributed by atoms with van der Waals surface area (Å²) >= 11 is 0. The van der Waals surface area contributed by atoms with Crippen LogP contribution >= 0.6 is 0 Å². The van der Waals surface area contributed by atoms with Gasteiger partial charge in [0.15, 0.2) is 0 Å². The number of benzene rings is 1. The molecule has 1 aliphatic heterocycles. The van der Waals surface area contributed by atoms with Crippen LogP contribution in [-0.4, -0.2) is 29.3 Å². The molecule has 0 bridgehead atoms. The maximum Gasteiger partial charge on any atom is 0.0951 e. The van der Waals surface area contributed by atoms with Gasteiger partial charge in [-0.25, -0.2) is 0 Å². The summed E-state index contributed by atoms with van der Waals surface area (Å²) in [5, 5.41) is 10.2. The standard InChI is InChI=1S/C16H21N3O/c17-14-7-8-15(13-6-1-9-18-16(13)14)19-10-2-4-12(19)5-3-11-20/h1,6-9,12,20H,2-5,10-11,17H2. The fourth-order valence-electron chi connectivity index (χ4n) is 3.21. The Labute approximate surface area is 119 Å². The van der Waals surface area contributed by atoms with Crippen molar-refractivity contribution in [3.8, 4) is 0 Å². The van der Waals surface area contributed by atoms with Crippen molar-refractivity contribution < 1.29 is 5.11 Å². The van der Waals surface area contributed by atoms with Crippen molar-refractivity contribution in [2.75, 3.05) is 23.8 Å². The second-order valence-electron chi connectivity index (χ2n) is 5.43. The Morgan fingerprint density at radius 3 is 3.10 bits per heavy atom. The van der Waals surface area contributed by atoms with Crippen molar-refractivity contribution in [2.24, 2.45) is 0 Å². The highest BCUT2D eigenvalue weighted by atomic mass is 16.2. The molecular formula is C16H21N3O. The molecule has 0 amide bonds. The van der Waals surface area contributed by atoms with E-state index >= 15 is 0 Å². The Hall–Kier alpha value is -1.81. The van der Waals surface area contributed by atoms with Crippen molar-refractivity contribution in [2.45, 2.75) is 31.7 Å². The van der Waals surface area contributed by atoms with Crippen LogP contribution in [0.1, 0.15) is 25.7 Å². The predicted octanol–water partition coefficient (Wildman–Crippen LogP) is 2.56. The third kappa shape index (κ3) is 2.31. The number of pyridine rings is 1. The molecule has 0 aliphatic carbocycles. The minimum absolute atomic E-state index is 0.272. The molecule has 0 saturated carbocycles. The van der Waals surface area contributed by atoms with Gasteiger partial charge in [0.05, 0.1) is 11.2 Å². The summed E-state index contributed by atoms with van der Waals surface area (Å²) in [6.45, 7) is 1.35. The van der Waals surface area contributed by atoms with E-state index in [0.717, 1.165) is 36.0 Å². The first-order valence-electron chi connectivity index (χ1n) is 7.32. The van der Waals surface area contributed by atoms with Crippen molar-refractivity contribution in [1.82, 2.24) is 4.98 Å². The molecule has 0 spiro atoms. The maximum absolute atomic E-state index is 9.05. The molecule has 4 heteroatoms. The van der Waals surface area contributed by atoms with Crippen LogP contribution in [0.5, 0.6) is 0 Å². The largest absolute Gasteiger partial charge is 0.397 e. The summed E-state index contributed by atoms with van der Waals surface area (Å²) < 4.78 is 0. The van der Waals surface area contributed by atoms with Crippen LogP contribution in [-0.2, 0) is 0 Å². The van der Waals surface area contributed by atoms with Gasteiger partial charge in [-0.15, -0.1) is 0 Å². The molecule has 4 nitrogen and oxygen atoms in total. The van der Waals surface area contributed by atoms with Crippen LogP contribution in [0.2, 0.25) is 0 Å². The first kappa shape index (κ1) is 13.2. The Morgan fingerprint density at radius 2 is 2.25 bits per heavy atom. The first-order valence-corrected chi connectivity index (χ1v) is 7.32. The number of hydrogen-bond donors (Lipinski definition) is 2. The number of hydrogen-bond acceptors (Lipinski definition) is 4. The molecule has 1 fully saturated rings. The summed E-state index contributed by atoms with van der Waals surface area (Å²) in [6.07, 6.45) is 6.11. The Balaban J connectivity index is 1.99. The van der Waals surface area contributed by atoms with Gasteiger partial charge < -0.3 is 15.7 Å². The van der Waals surface area contributed by atoms with Crippen molar-refractivity contribution in [3.63, 3.8) is 0 Å². The normalized spacial score (nSPS) is 18.9. The lowest BCUT2D eigenvalue weighted by atomic mass is 10.1. The summed E-state index contributed by atoms with van der Waals surface area (Å²) in [5.74, 6) is 0. The number of aromatic nitrogens is 1. The van der Waals surface area contributed by atoms with Gasteiger partial charge in [0.25, 0.3) is 0 Å². The number of aliphatic hydroxyl groups excluding tert-OH is 1. The van der Waals surface area contributed by atoms with Crippen molar-refractivity contribution >= 4 is 22.3 Å². The molecule has 0 radical (unpaired) electrons. The number of fused-ring (bicyclic) bond motifs is 1. The van der Waals surface area contributed by atoms with E-state index in [1.165, 1.54) is 18.5 Å². The number of aliphatic hydroxyl groups is 1. The maximum atomic E-state index is 9.05. The molecule has 2 aromatic rings. The minimum atomic E-state index is 0.272. The molecule has 2 heterocycles. The van der Waals surface area contributed by atoms with Crippen molar-refractivity contribution in [3.05, 3.63) is 30.5 Å². The Bertz CT molecular complexity index is 599. The minimum Gasteiger partial charge on any atom is -0.397 e. The van der Waals surface area contributed by atoms with Crippen LogP contribution in [0.4, 0.5) is 11.4 Å². The Morgan fingerprint density at radius 1 is 1.35 bits per heavy atom. The summed E-state index contributed by atoms with van der Waals surface area (Å²) in [5.41, 5.74) is 8.87. The van der Waals surface area contributed by atoms with Gasteiger partial charge in [0, 0.05) is 36.5 Å². The fraction of sp³-hybridized carbons (Fsp3) is 0.438. The van der Waals surface area contributed by atoms with Gasteiger partial charge >= 0.3 is 0 Å². The number of nitrogens with two attached hydrogens (primary N) is 1. The first-order chi connectivity index (χ1) is 9.81. The zero-order valence-electron chi connectivity index (χ0n) is 11.6. The van der Waals surface area contributed by atoms with E-state index in [1.54, 1.807) is 6.20 Å². The molecule has 1 atom stereocenters. The van der Waals surface area contributed by atoms with Gasteiger partial charge in [0.1, 0.15) is 0 Å². The topological polar surface area (TPSA) is 62.4 Å². The average molecular weight is 271 g/mol. The van der Waals surface area contributed by atoms with Gasteiger partial charge in [-0.1, -0.05) is 0 Å². The van der Waals surface area contributed by atoms with Crippen LogP contribution in [0.15, 0.2) is 30.5 Å². The molecule has 1 unspecified atom stereocenters. The smallest absolute Gasteiger partial charge is 0.0951 e. The van der Waals surface area contributed by atoms with Crippen LogP contribution < -0.4 is 10.6 Å². The zero-order chi connectivity index (χ0) is 13.9. The predicted molar refractivity (Wildman–Crippen MR) is 82.8 cm³/mol. The van der Waals surface area contributed by atoms with E-state index in [-0.39, 0.29) is 6.61 Å². The van der Waals surface area contributed by atoms with Gasteiger partial charge in [-0.05, 0) is 49.9 Å². The van der Waals surface area contributed by atoms with Crippen LogP contribution in [0.25, 0.3) is 10.9 Å². The summed E-state index contributed by atoms with van der Waals surface area (Å²) in [4.78, 5) is 6.87. The summed E-state index contributed by atoms with van der Waals surface area (Å²) in [7, 11) is 0. The number of rotatable bonds is 4. The van der Waals surface area contributed by atoms with Crippen LogP contribution in [0.3, 0.4) is 0 Å². The molecular weight excluding hydrogens is 250 g/mol. The summed E-state index contributed by atoms with van der Waals surface area (Å²) in [6, 6.07) is 8.64. The molecule has 1 aromatic carbocycles. The van der Waals surface area contributed by atoms with Gasteiger partial charge in [0.2, 0.25) is 0 Å². The highest BCUT2D eigenvalue weighted by Crippen LogP contribution is 2.35. The molecule has 1 saturated heterocycles. The molecule has 106 valence electrons. The highest BCUT2D eigenvalue weighted by molar-refractivity contribution is 5.98. The Kier molecular flexibility index (Phi) is 3.74. The number of anilines is 2. The average Bonchev–Trinajstić information content (AvgIpc) is 2.94. The van der Waals surface area contributed by atoms with Crippen molar-refractivity contribution in [1.29, 1.82) is 0 Å². The SMILES string of the molecule is Nc1ccc(N2CCCC2CCCO)c2cccnc12. The van der Waals surface area contributed by atoms with E-state index in [2.05, 4.69) is 22.0 Å². The quantitative estimate of drug-likeness (QED) is 0.839. The number of nitrogen functional groups attached to an aromatic ring is 1. The monoisotopic (exact) mass is 271 g/mol. The van der Waals surface area contributed by atoms with Crippen LogP contribution in [0, 0.1) is 0 Å². The molecule has 3 N–H and O–H groups in total. The molecule has 1 aromatic heterocycles. The van der Waals surface area contributed by atoms with E-state index in [0.29, 0.717) is 6.04 Å². The lowest BCUT2D eigenvalue weighted by Gasteiger charge is -2.28.